The first-order valence-electron chi connectivity index (χ1n) is 7.92. The van der Waals surface area contributed by atoms with Gasteiger partial charge >= 0.3 is 12.1 Å². The first kappa shape index (κ1) is 19.6. The number of sulfonamides is 1. The van der Waals surface area contributed by atoms with Crippen LogP contribution in [0.5, 0.6) is 0 Å². The van der Waals surface area contributed by atoms with E-state index >= 15 is 0 Å². The average molecular weight is 409 g/mol. The van der Waals surface area contributed by atoms with E-state index in [1.807, 2.05) is 6.92 Å². The molecule has 0 aliphatic heterocycles. The molecular formula is C18H14F3N3O3S. The molecule has 3 rings (SSSR count). The Kier molecular flexibility index (Phi) is 5.23. The Morgan fingerprint density at radius 3 is 2.43 bits per heavy atom. The topological polar surface area (TPSA) is 85.1 Å². The summed E-state index contributed by atoms with van der Waals surface area (Å²) < 4.78 is 69.0. The molecule has 0 aliphatic rings. The maximum atomic E-state index is 12.5. The molecule has 0 unspecified atom stereocenters. The lowest BCUT2D eigenvalue weighted by atomic mass is 10.2. The van der Waals surface area contributed by atoms with Crippen molar-refractivity contribution in [2.24, 2.45) is 0 Å². The van der Waals surface area contributed by atoms with Crippen LogP contribution < -0.4 is 4.72 Å². The molecule has 1 N–H and O–H groups in total. The second kappa shape index (κ2) is 7.47. The van der Waals surface area contributed by atoms with E-state index < -0.39 is 22.1 Å². The first-order chi connectivity index (χ1) is 13.1. The molecule has 0 radical (unpaired) electrons. The van der Waals surface area contributed by atoms with Crippen LogP contribution in [-0.2, 0) is 16.2 Å². The van der Waals surface area contributed by atoms with Crippen LogP contribution in [0, 0.1) is 6.92 Å². The van der Waals surface area contributed by atoms with E-state index in [9.17, 15) is 21.6 Å². The fraction of sp³-hybridized carbons (Fsp3) is 0.111. The SMILES string of the molecule is Cc1ccc(NS(=O)(=O)c2cccc(C=Cc3noc(C(F)(F)F)n3)c2)cc1. The number of aryl methyl sites for hydroxylation is 1. The van der Waals surface area contributed by atoms with Gasteiger partial charge in [0, 0.05) is 5.69 Å². The van der Waals surface area contributed by atoms with E-state index in [-0.39, 0.29) is 10.7 Å². The molecule has 10 heteroatoms. The van der Waals surface area contributed by atoms with Crippen LogP contribution in [0.4, 0.5) is 18.9 Å². The van der Waals surface area contributed by atoms with Crippen molar-refractivity contribution in [1.29, 1.82) is 0 Å². The number of hydrogen-bond acceptors (Lipinski definition) is 5. The maximum Gasteiger partial charge on any atom is 0.471 e. The van der Waals surface area contributed by atoms with Crippen molar-refractivity contribution >= 4 is 27.9 Å². The van der Waals surface area contributed by atoms with Gasteiger partial charge in [0.05, 0.1) is 4.90 Å². The van der Waals surface area contributed by atoms with Crippen LogP contribution >= 0.6 is 0 Å². The zero-order valence-electron chi connectivity index (χ0n) is 14.4. The molecule has 0 bridgehead atoms. The van der Waals surface area contributed by atoms with Gasteiger partial charge < -0.3 is 4.52 Å². The number of rotatable bonds is 5. The highest BCUT2D eigenvalue weighted by molar-refractivity contribution is 7.92. The van der Waals surface area contributed by atoms with Gasteiger partial charge in [0.1, 0.15) is 0 Å². The molecule has 0 saturated heterocycles. The summed E-state index contributed by atoms with van der Waals surface area (Å²) in [4.78, 5) is 3.21. The lowest BCUT2D eigenvalue weighted by molar-refractivity contribution is -0.159. The third kappa shape index (κ3) is 4.77. The van der Waals surface area contributed by atoms with Crippen molar-refractivity contribution in [2.75, 3.05) is 4.72 Å². The van der Waals surface area contributed by atoms with Crippen molar-refractivity contribution in [3.05, 3.63) is 71.4 Å². The molecule has 3 aromatic rings. The van der Waals surface area contributed by atoms with E-state index in [4.69, 9.17) is 0 Å². The predicted molar refractivity (Wildman–Crippen MR) is 96.7 cm³/mol. The number of nitrogens with zero attached hydrogens (tertiary/aromatic N) is 2. The Labute approximate surface area is 158 Å². The molecule has 0 fully saturated rings. The van der Waals surface area contributed by atoms with E-state index in [0.717, 1.165) is 5.56 Å². The molecule has 0 spiro atoms. The Morgan fingerprint density at radius 1 is 1.07 bits per heavy atom. The summed E-state index contributed by atoms with van der Waals surface area (Å²) in [6.07, 6.45) is -2.15. The van der Waals surface area contributed by atoms with Gasteiger partial charge in [-0.1, -0.05) is 41.1 Å². The lowest BCUT2D eigenvalue weighted by Crippen LogP contribution is -2.12. The van der Waals surface area contributed by atoms with Crippen LogP contribution in [0.1, 0.15) is 22.8 Å². The lowest BCUT2D eigenvalue weighted by Gasteiger charge is -2.09. The molecule has 28 heavy (non-hydrogen) atoms. The van der Waals surface area contributed by atoms with Crippen LogP contribution in [0.2, 0.25) is 0 Å². The van der Waals surface area contributed by atoms with E-state index in [0.29, 0.717) is 11.3 Å². The highest BCUT2D eigenvalue weighted by Gasteiger charge is 2.38. The Hall–Kier alpha value is -3.14. The van der Waals surface area contributed by atoms with Crippen molar-refractivity contribution in [3.8, 4) is 0 Å². The van der Waals surface area contributed by atoms with Gasteiger partial charge in [-0.25, -0.2) is 8.42 Å². The van der Waals surface area contributed by atoms with Gasteiger partial charge in [0.15, 0.2) is 5.82 Å². The van der Waals surface area contributed by atoms with Crippen LogP contribution in [0.15, 0.2) is 57.9 Å². The van der Waals surface area contributed by atoms with E-state index in [2.05, 4.69) is 19.4 Å². The summed E-state index contributed by atoms with van der Waals surface area (Å²) in [6.45, 7) is 1.88. The average Bonchev–Trinajstić information content (AvgIpc) is 3.12. The fourth-order valence-corrected chi connectivity index (χ4v) is 3.32. The van der Waals surface area contributed by atoms with Crippen molar-refractivity contribution in [2.45, 2.75) is 18.0 Å². The zero-order chi connectivity index (χ0) is 20.4. The predicted octanol–water partition coefficient (Wildman–Crippen LogP) is 4.37. The fourth-order valence-electron chi connectivity index (χ4n) is 2.21. The Morgan fingerprint density at radius 2 is 1.79 bits per heavy atom. The van der Waals surface area contributed by atoms with Gasteiger partial charge in [-0.15, -0.1) is 0 Å². The largest absolute Gasteiger partial charge is 0.471 e. The maximum absolute atomic E-state index is 12.5. The molecule has 146 valence electrons. The van der Waals surface area contributed by atoms with E-state index in [1.54, 1.807) is 30.3 Å². The number of halogens is 3. The molecule has 0 aliphatic carbocycles. The highest BCUT2D eigenvalue weighted by Crippen LogP contribution is 2.27. The Bertz CT molecular complexity index is 1100. The van der Waals surface area contributed by atoms with Gasteiger partial charge in [-0.2, -0.15) is 18.2 Å². The number of anilines is 1. The standard InChI is InChI=1S/C18H14F3N3O3S/c1-12-5-8-14(9-6-12)24-28(25,26)15-4-2-3-13(11-15)7-10-16-22-17(27-23-16)18(19,20)21/h2-11,24H,1H3. The smallest absolute Gasteiger partial charge is 0.329 e. The molecule has 1 aromatic heterocycles. The Balaban J connectivity index is 1.79. The monoisotopic (exact) mass is 409 g/mol. The summed E-state index contributed by atoms with van der Waals surface area (Å²) >= 11 is 0. The highest BCUT2D eigenvalue weighted by atomic mass is 32.2. The van der Waals surface area contributed by atoms with Crippen molar-refractivity contribution in [3.63, 3.8) is 0 Å². The van der Waals surface area contributed by atoms with Crippen molar-refractivity contribution < 1.29 is 26.1 Å². The quantitative estimate of drug-likeness (QED) is 0.677. The third-order valence-electron chi connectivity index (χ3n) is 3.58. The number of nitrogens with one attached hydrogen (secondary N) is 1. The number of aromatic nitrogens is 2. The third-order valence-corrected chi connectivity index (χ3v) is 4.96. The van der Waals surface area contributed by atoms with Gasteiger partial charge in [0.25, 0.3) is 10.0 Å². The normalized spacial score (nSPS) is 12.4. The summed E-state index contributed by atoms with van der Waals surface area (Å²) in [6, 6.07) is 12.7. The first-order valence-corrected chi connectivity index (χ1v) is 9.40. The van der Waals surface area contributed by atoms with Gasteiger partial charge in [-0.3, -0.25) is 4.72 Å². The minimum atomic E-state index is -4.73. The summed E-state index contributed by atoms with van der Waals surface area (Å²) in [5.41, 5.74) is 1.84. The van der Waals surface area contributed by atoms with Crippen LogP contribution in [0.3, 0.4) is 0 Å². The second-order valence-corrected chi connectivity index (χ2v) is 7.52. The van der Waals surface area contributed by atoms with Gasteiger partial charge in [0.2, 0.25) is 0 Å². The summed E-state index contributed by atoms with van der Waals surface area (Å²) in [5.74, 6) is -1.73. The zero-order valence-corrected chi connectivity index (χ0v) is 15.3. The van der Waals surface area contributed by atoms with Crippen molar-refractivity contribution in [1.82, 2.24) is 10.1 Å². The summed E-state index contributed by atoms with van der Waals surface area (Å²) in [5, 5.41) is 3.21. The molecule has 6 nitrogen and oxygen atoms in total. The molecule has 2 aromatic carbocycles. The number of benzene rings is 2. The minimum Gasteiger partial charge on any atom is -0.329 e. The molecule has 1 heterocycles. The van der Waals surface area contributed by atoms with Crippen LogP contribution in [0.25, 0.3) is 12.2 Å². The molecule has 0 amide bonds. The molecule has 0 atom stereocenters. The van der Waals surface area contributed by atoms with E-state index in [1.165, 1.54) is 30.4 Å². The minimum absolute atomic E-state index is 0.000632. The van der Waals surface area contributed by atoms with Crippen LogP contribution in [-0.4, -0.2) is 18.6 Å². The van der Waals surface area contributed by atoms with Gasteiger partial charge in [-0.05, 0) is 42.8 Å². The molecule has 0 saturated carbocycles. The second-order valence-electron chi connectivity index (χ2n) is 5.83. The number of alkyl halides is 3. The molecular weight excluding hydrogens is 395 g/mol. The number of hydrogen-bond donors (Lipinski definition) is 1. The summed E-state index contributed by atoms with van der Waals surface area (Å²) in [7, 11) is -3.83.